The smallest absolute Gasteiger partial charge is 0.321 e. The maximum atomic E-state index is 13.3. The number of urea groups is 1. The first-order chi connectivity index (χ1) is 19.4. The molecule has 0 aliphatic carbocycles. The Balaban J connectivity index is 1.49. The number of alkyl halides is 3. The second-order valence-electron chi connectivity index (χ2n) is 9.50. The van der Waals surface area contributed by atoms with E-state index in [1.807, 2.05) is 36.7 Å². The molecule has 0 spiro atoms. The largest absolute Gasteiger partial charge is 0.416 e. The highest BCUT2D eigenvalue weighted by atomic mass is 19.4. The fourth-order valence-electron chi connectivity index (χ4n) is 4.20. The first-order valence-electron chi connectivity index (χ1n) is 12.7. The van der Waals surface area contributed by atoms with E-state index in [1.54, 1.807) is 36.4 Å². The first-order valence-corrected chi connectivity index (χ1v) is 12.7. The van der Waals surface area contributed by atoms with Crippen LogP contribution in [0.2, 0.25) is 0 Å². The van der Waals surface area contributed by atoms with Gasteiger partial charge in [0.25, 0.3) is 5.91 Å². The molecule has 1 atom stereocenters. The molecule has 1 heterocycles. The summed E-state index contributed by atoms with van der Waals surface area (Å²) in [5, 5.41) is 17.0. The van der Waals surface area contributed by atoms with Crippen molar-refractivity contribution in [1.82, 2.24) is 4.57 Å². The van der Waals surface area contributed by atoms with Crippen molar-refractivity contribution in [1.29, 1.82) is 5.41 Å². The van der Waals surface area contributed by atoms with E-state index in [-0.39, 0.29) is 22.9 Å². The maximum absolute atomic E-state index is 13.3. The van der Waals surface area contributed by atoms with Crippen LogP contribution in [-0.4, -0.2) is 22.2 Å². The average molecular weight is 565 g/mol. The summed E-state index contributed by atoms with van der Waals surface area (Å²) in [6.07, 6.45) is -2.13. The van der Waals surface area contributed by atoms with Crippen molar-refractivity contribution in [3.05, 3.63) is 89.0 Å². The third-order valence-electron chi connectivity index (χ3n) is 6.74. The summed E-state index contributed by atoms with van der Waals surface area (Å²) in [6.45, 7) is 5.02. The Hall–Kier alpha value is -5.00. The van der Waals surface area contributed by atoms with Gasteiger partial charge < -0.3 is 15.2 Å². The van der Waals surface area contributed by atoms with E-state index < -0.39 is 23.7 Å². The van der Waals surface area contributed by atoms with Gasteiger partial charge in [-0.2, -0.15) is 13.2 Å². The highest BCUT2D eigenvalue weighted by Crippen LogP contribution is 2.34. The quantitative estimate of drug-likeness (QED) is 0.116. The Kier molecular flexibility index (Phi) is 8.22. The molecule has 0 saturated heterocycles. The summed E-state index contributed by atoms with van der Waals surface area (Å²) in [6, 6.07) is 15.9. The minimum atomic E-state index is -4.66. The van der Waals surface area contributed by atoms with Crippen LogP contribution < -0.4 is 15.6 Å². The molecule has 4 rings (SSSR count). The highest BCUT2D eigenvalue weighted by molar-refractivity contribution is 6.42. The number of anilines is 3. The molecule has 9 nitrogen and oxygen atoms in total. The second-order valence-corrected chi connectivity index (χ2v) is 9.50. The number of rotatable bonds is 8. The number of aromatic nitrogens is 1. The van der Waals surface area contributed by atoms with Gasteiger partial charge in [0, 0.05) is 34.6 Å². The lowest BCUT2D eigenvalue weighted by Crippen LogP contribution is -2.30. The molecule has 3 N–H and O–H groups in total. The van der Waals surface area contributed by atoms with E-state index in [2.05, 4.69) is 15.9 Å². The molecule has 1 aromatic heterocycles. The van der Waals surface area contributed by atoms with Crippen molar-refractivity contribution in [2.24, 2.45) is 11.2 Å². The third kappa shape index (κ3) is 6.26. The number of carbonyl (C=O) groups excluding carboxylic acids is 2. The fourth-order valence-corrected chi connectivity index (χ4v) is 4.20. The molecule has 4 aromatic rings. The number of benzene rings is 3. The molecule has 0 fully saturated rings. The molecule has 0 radical (unpaired) electrons. The molecule has 0 aliphatic rings. The minimum absolute atomic E-state index is 0.0225. The van der Waals surface area contributed by atoms with Gasteiger partial charge in [0.15, 0.2) is 0 Å². The minimum Gasteiger partial charge on any atom is -0.321 e. The van der Waals surface area contributed by atoms with Crippen molar-refractivity contribution in [2.75, 3.05) is 15.6 Å². The average Bonchev–Trinajstić information content (AvgIpc) is 3.36. The number of nitrogens with one attached hydrogen (secondary N) is 3. The standard InChI is InChI=1S/C29H27F3N6O3/c1-4-17(2)26(33)27(39)34-21-8-12-25-19(15-21)13-14-37(25)22-10-6-20(7-11-22)35-28(40)38(36-41)23-9-5-18(3)24(16-23)29(30,31)32/h5-17,33H,4H2,1-3H3,(H,34,39)(H,35,40)/t17-/m0/s1. The summed E-state index contributed by atoms with van der Waals surface area (Å²) in [7, 11) is 0. The molecule has 212 valence electrons. The Morgan fingerprint density at radius 3 is 2.32 bits per heavy atom. The van der Waals surface area contributed by atoms with Gasteiger partial charge in [-0.15, -0.1) is 9.92 Å². The summed E-state index contributed by atoms with van der Waals surface area (Å²) < 4.78 is 41.7. The van der Waals surface area contributed by atoms with Crippen molar-refractivity contribution in [2.45, 2.75) is 33.4 Å². The predicted octanol–water partition coefficient (Wildman–Crippen LogP) is 7.68. The normalized spacial score (nSPS) is 12.0. The van der Waals surface area contributed by atoms with E-state index in [0.29, 0.717) is 28.9 Å². The van der Waals surface area contributed by atoms with E-state index in [0.717, 1.165) is 22.7 Å². The van der Waals surface area contributed by atoms with E-state index in [1.165, 1.54) is 13.0 Å². The molecular formula is C29H27F3N6O3. The molecule has 3 amide bonds. The van der Waals surface area contributed by atoms with E-state index >= 15 is 0 Å². The van der Waals surface area contributed by atoms with Crippen LogP contribution in [0.3, 0.4) is 0 Å². The number of nitroso groups, excluding NO2 is 1. The third-order valence-corrected chi connectivity index (χ3v) is 6.74. The van der Waals surface area contributed by atoms with Crippen LogP contribution in [0.15, 0.2) is 78.2 Å². The van der Waals surface area contributed by atoms with Gasteiger partial charge in [0.05, 0.1) is 27.8 Å². The van der Waals surface area contributed by atoms with Crippen molar-refractivity contribution in [3.8, 4) is 5.69 Å². The molecule has 0 saturated carbocycles. The molecular weight excluding hydrogens is 537 g/mol. The van der Waals surface area contributed by atoms with Crippen LogP contribution >= 0.6 is 0 Å². The summed E-state index contributed by atoms with van der Waals surface area (Å²) in [4.78, 5) is 36.4. The van der Waals surface area contributed by atoms with E-state index in [9.17, 15) is 27.7 Å². The Labute approximate surface area is 233 Å². The summed E-state index contributed by atoms with van der Waals surface area (Å²) >= 11 is 0. The van der Waals surface area contributed by atoms with Crippen LogP contribution in [0.5, 0.6) is 0 Å². The van der Waals surface area contributed by atoms with Gasteiger partial charge in [-0.25, -0.2) is 4.79 Å². The number of hydrogen-bond donors (Lipinski definition) is 3. The second kappa shape index (κ2) is 11.6. The SMILES string of the molecule is CC[C@H](C)C(=N)C(=O)Nc1ccc2c(ccn2-c2ccc(NC(=O)N(N=O)c3ccc(C)c(C(F)(F)F)c3)cc2)c1. The van der Waals surface area contributed by atoms with Crippen molar-refractivity contribution in [3.63, 3.8) is 0 Å². The van der Waals surface area contributed by atoms with Gasteiger partial charge in [0.1, 0.15) is 0 Å². The van der Waals surface area contributed by atoms with Gasteiger partial charge in [-0.3, -0.25) is 10.2 Å². The summed E-state index contributed by atoms with van der Waals surface area (Å²) in [5.74, 6) is -0.586. The maximum Gasteiger partial charge on any atom is 0.416 e. The molecule has 0 unspecified atom stereocenters. The molecule has 3 aromatic carbocycles. The first kappa shape index (κ1) is 29.0. The highest BCUT2D eigenvalue weighted by Gasteiger charge is 2.33. The molecule has 0 aliphatic heterocycles. The number of hydrogen-bond acceptors (Lipinski definition) is 5. The lowest BCUT2D eigenvalue weighted by molar-refractivity contribution is -0.138. The topological polar surface area (TPSA) is 120 Å². The van der Waals surface area contributed by atoms with Crippen LogP contribution in [0.25, 0.3) is 16.6 Å². The van der Waals surface area contributed by atoms with Crippen LogP contribution in [0.1, 0.15) is 31.4 Å². The van der Waals surface area contributed by atoms with Gasteiger partial charge in [0.2, 0.25) is 0 Å². The Morgan fingerprint density at radius 2 is 1.68 bits per heavy atom. The fraction of sp³-hybridized carbons (Fsp3) is 0.207. The van der Waals surface area contributed by atoms with Crippen molar-refractivity contribution < 1.29 is 22.8 Å². The number of carbonyl (C=O) groups is 2. The van der Waals surface area contributed by atoms with Gasteiger partial charge >= 0.3 is 12.2 Å². The molecule has 0 bridgehead atoms. The van der Waals surface area contributed by atoms with Crippen LogP contribution in [-0.2, 0) is 11.0 Å². The number of fused-ring (bicyclic) bond motifs is 1. The van der Waals surface area contributed by atoms with Gasteiger partial charge in [-0.05, 0) is 79.6 Å². The molecule has 12 heteroatoms. The Morgan fingerprint density at radius 1 is 1.00 bits per heavy atom. The zero-order chi connectivity index (χ0) is 29.9. The van der Waals surface area contributed by atoms with Crippen molar-refractivity contribution >= 4 is 45.6 Å². The van der Waals surface area contributed by atoms with E-state index in [4.69, 9.17) is 5.41 Å². The zero-order valence-electron chi connectivity index (χ0n) is 22.4. The predicted molar refractivity (Wildman–Crippen MR) is 153 cm³/mol. The molecule has 41 heavy (non-hydrogen) atoms. The Bertz CT molecular complexity index is 1630. The lowest BCUT2D eigenvalue weighted by atomic mass is 10.0. The van der Waals surface area contributed by atoms with Gasteiger partial charge in [-0.1, -0.05) is 19.9 Å². The lowest BCUT2D eigenvalue weighted by Gasteiger charge is -2.17. The number of nitrogens with zero attached hydrogens (tertiary/aromatic N) is 3. The number of aryl methyl sites for hydroxylation is 1. The number of halogens is 3. The monoisotopic (exact) mass is 564 g/mol. The summed E-state index contributed by atoms with van der Waals surface area (Å²) in [5.41, 5.74) is 1.12. The van der Waals surface area contributed by atoms with Crippen LogP contribution in [0, 0.1) is 23.2 Å². The number of amides is 3. The van der Waals surface area contributed by atoms with Crippen LogP contribution in [0.4, 0.5) is 35.0 Å². The zero-order valence-corrected chi connectivity index (χ0v) is 22.4.